The number of nitrogens with one attached hydrogen (secondary N) is 1. The molecule has 1 aliphatic carbocycles. The summed E-state index contributed by atoms with van der Waals surface area (Å²) in [5.74, 6) is -0.764. The van der Waals surface area contributed by atoms with Gasteiger partial charge in [-0.15, -0.1) is 0 Å². The first kappa shape index (κ1) is 15.9. The molecule has 0 bridgehead atoms. The third-order valence-corrected chi connectivity index (χ3v) is 4.41. The number of hydrogen-bond donors (Lipinski definition) is 2. The second kappa shape index (κ2) is 6.11. The number of hydrogen-bond acceptors (Lipinski definition) is 2. The van der Waals surface area contributed by atoms with Gasteiger partial charge in [0.05, 0.1) is 12.3 Å². The Morgan fingerprint density at radius 3 is 2.67 bits per heavy atom. The topological polar surface area (TPSA) is 75.4 Å². The number of fused-ring (bicyclic) bond motifs is 1. The molecule has 0 aromatic carbocycles. The Morgan fingerprint density at radius 1 is 1.33 bits per heavy atom. The van der Waals surface area contributed by atoms with Crippen LogP contribution in [0.15, 0.2) is 0 Å². The first-order chi connectivity index (χ1) is 9.78. The summed E-state index contributed by atoms with van der Waals surface area (Å²) in [5, 5.41) is 2.72. The van der Waals surface area contributed by atoms with Crippen molar-refractivity contribution in [2.24, 2.45) is 17.6 Å². The molecule has 2 rings (SSSR count). The smallest absolute Gasteiger partial charge is 0.369 e. The molecule has 0 aromatic rings. The molecule has 5 nitrogen and oxygen atoms in total. The number of carbonyl (C=O) groups excluding carboxylic acids is 2. The van der Waals surface area contributed by atoms with Gasteiger partial charge in [0, 0.05) is 19.1 Å². The summed E-state index contributed by atoms with van der Waals surface area (Å²) in [6.07, 6.45) is -2.36. The van der Waals surface area contributed by atoms with Crippen LogP contribution in [0.4, 0.5) is 18.0 Å². The molecule has 2 fully saturated rings. The van der Waals surface area contributed by atoms with Gasteiger partial charge in [0.2, 0.25) is 5.91 Å². The van der Waals surface area contributed by atoms with Gasteiger partial charge in [0.15, 0.2) is 0 Å². The van der Waals surface area contributed by atoms with Crippen LogP contribution in [-0.4, -0.2) is 42.1 Å². The third-order valence-electron chi connectivity index (χ3n) is 4.41. The lowest BCUT2D eigenvalue weighted by Crippen LogP contribution is -2.52. The molecule has 1 aliphatic heterocycles. The van der Waals surface area contributed by atoms with Gasteiger partial charge in [-0.25, -0.2) is 4.79 Å². The minimum atomic E-state index is -4.28. The van der Waals surface area contributed by atoms with Crippen LogP contribution in [0.2, 0.25) is 0 Å². The van der Waals surface area contributed by atoms with E-state index >= 15 is 0 Å². The summed E-state index contributed by atoms with van der Waals surface area (Å²) in [6.45, 7) is -0.0649. The molecule has 2 aliphatic rings. The maximum absolute atomic E-state index is 12.3. The Morgan fingerprint density at radius 2 is 2.05 bits per heavy atom. The number of nitrogens with zero attached hydrogens (tertiary/aromatic N) is 1. The van der Waals surface area contributed by atoms with Crippen LogP contribution in [0.25, 0.3) is 0 Å². The van der Waals surface area contributed by atoms with Crippen molar-refractivity contribution in [3.63, 3.8) is 0 Å². The maximum Gasteiger partial charge on any atom is 0.390 e. The summed E-state index contributed by atoms with van der Waals surface area (Å²) in [6, 6.07) is -0.875. The average Bonchev–Trinajstić information content (AvgIpc) is 2.53. The number of amides is 3. The summed E-state index contributed by atoms with van der Waals surface area (Å²) >= 11 is 0. The van der Waals surface area contributed by atoms with Crippen molar-refractivity contribution in [2.75, 3.05) is 13.1 Å². The molecule has 0 spiro atoms. The Hall–Kier alpha value is -1.47. The highest BCUT2D eigenvalue weighted by Gasteiger charge is 2.40. The van der Waals surface area contributed by atoms with Crippen LogP contribution >= 0.6 is 0 Å². The highest BCUT2D eigenvalue weighted by Crippen LogP contribution is 2.33. The van der Waals surface area contributed by atoms with Gasteiger partial charge in [0.25, 0.3) is 0 Å². The SMILES string of the molecule is NC(=O)C1CCCC2CCN(CCC(F)(F)F)C(=O)NC21. The summed E-state index contributed by atoms with van der Waals surface area (Å²) < 4.78 is 36.8. The largest absolute Gasteiger partial charge is 0.390 e. The van der Waals surface area contributed by atoms with E-state index in [0.717, 1.165) is 12.8 Å². The molecule has 120 valence electrons. The molecule has 1 saturated carbocycles. The van der Waals surface area contributed by atoms with E-state index in [9.17, 15) is 22.8 Å². The maximum atomic E-state index is 12.3. The molecule has 3 N–H and O–H groups in total. The standard InChI is InChI=1S/C13H20F3N3O2/c14-13(15,16)5-7-19-6-4-8-2-1-3-9(11(17)20)10(8)18-12(19)21/h8-10H,1-7H2,(H2,17,20)(H,18,21). The molecule has 0 radical (unpaired) electrons. The summed E-state index contributed by atoms with van der Waals surface area (Å²) in [5.41, 5.74) is 5.37. The molecule has 21 heavy (non-hydrogen) atoms. The van der Waals surface area contributed by atoms with Gasteiger partial charge in [-0.2, -0.15) is 13.2 Å². The van der Waals surface area contributed by atoms with Gasteiger partial charge in [0.1, 0.15) is 0 Å². The molecule has 3 atom stereocenters. The lowest BCUT2D eigenvalue weighted by molar-refractivity contribution is -0.136. The van der Waals surface area contributed by atoms with Gasteiger partial charge < -0.3 is 16.0 Å². The summed E-state index contributed by atoms with van der Waals surface area (Å²) in [7, 11) is 0. The second-order valence-electron chi connectivity index (χ2n) is 5.82. The van der Waals surface area contributed by atoms with Gasteiger partial charge in [-0.05, 0) is 25.2 Å². The van der Waals surface area contributed by atoms with Crippen LogP contribution < -0.4 is 11.1 Å². The Bertz CT molecular complexity index is 414. The lowest BCUT2D eigenvalue weighted by atomic mass is 9.75. The second-order valence-corrected chi connectivity index (χ2v) is 5.82. The van der Waals surface area contributed by atoms with E-state index in [1.54, 1.807) is 0 Å². The van der Waals surface area contributed by atoms with E-state index in [0.29, 0.717) is 12.8 Å². The fourth-order valence-corrected chi connectivity index (χ4v) is 3.28. The first-order valence-electron chi connectivity index (χ1n) is 7.19. The normalized spacial score (nSPS) is 30.3. The van der Waals surface area contributed by atoms with E-state index < -0.39 is 30.5 Å². The lowest BCUT2D eigenvalue weighted by Gasteiger charge is -2.35. The Labute approximate surface area is 121 Å². The monoisotopic (exact) mass is 307 g/mol. The number of primary amides is 1. The van der Waals surface area contributed by atoms with Crippen molar-refractivity contribution in [1.29, 1.82) is 0 Å². The fraction of sp³-hybridized carbons (Fsp3) is 0.846. The van der Waals surface area contributed by atoms with E-state index in [2.05, 4.69) is 5.32 Å². The zero-order valence-electron chi connectivity index (χ0n) is 11.7. The predicted octanol–water partition coefficient (Wildman–Crippen LogP) is 1.62. The molecule has 3 amide bonds. The van der Waals surface area contributed by atoms with Crippen molar-refractivity contribution in [1.82, 2.24) is 10.2 Å². The van der Waals surface area contributed by atoms with Gasteiger partial charge >= 0.3 is 12.2 Å². The van der Waals surface area contributed by atoms with Gasteiger partial charge in [-0.1, -0.05) is 6.42 Å². The molecule has 3 unspecified atom stereocenters. The number of urea groups is 1. The zero-order valence-corrected chi connectivity index (χ0v) is 11.7. The van der Waals surface area contributed by atoms with Crippen LogP contribution in [-0.2, 0) is 4.79 Å². The molecular formula is C13H20F3N3O2. The van der Waals surface area contributed by atoms with Crippen LogP contribution in [0, 0.1) is 11.8 Å². The summed E-state index contributed by atoms with van der Waals surface area (Å²) in [4.78, 5) is 24.7. The highest BCUT2D eigenvalue weighted by atomic mass is 19.4. The molecule has 1 saturated heterocycles. The molecule has 0 aromatic heterocycles. The average molecular weight is 307 g/mol. The minimum absolute atomic E-state index is 0.107. The van der Waals surface area contributed by atoms with E-state index in [-0.39, 0.29) is 25.0 Å². The zero-order chi connectivity index (χ0) is 15.6. The van der Waals surface area contributed by atoms with Crippen LogP contribution in [0.3, 0.4) is 0 Å². The van der Waals surface area contributed by atoms with E-state index in [1.165, 1.54) is 4.90 Å². The predicted molar refractivity (Wildman–Crippen MR) is 69.2 cm³/mol. The molecule has 1 heterocycles. The van der Waals surface area contributed by atoms with Crippen molar-refractivity contribution >= 4 is 11.9 Å². The Kier molecular flexibility index (Phi) is 4.63. The quantitative estimate of drug-likeness (QED) is 0.831. The van der Waals surface area contributed by atoms with Crippen molar-refractivity contribution in [3.05, 3.63) is 0 Å². The Balaban J connectivity index is 2.03. The first-order valence-corrected chi connectivity index (χ1v) is 7.19. The number of carbonyl (C=O) groups is 2. The van der Waals surface area contributed by atoms with Gasteiger partial charge in [-0.3, -0.25) is 4.79 Å². The minimum Gasteiger partial charge on any atom is -0.369 e. The van der Waals surface area contributed by atoms with E-state index in [4.69, 9.17) is 5.73 Å². The van der Waals surface area contributed by atoms with Crippen molar-refractivity contribution in [2.45, 2.75) is 44.3 Å². The van der Waals surface area contributed by atoms with Crippen LogP contribution in [0.1, 0.15) is 32.1 Å². The van der Waals surface area contributed by atoms with Crippen molar-refractivity contribution < 1.29 is 22.8 Å². The fourth-order valence-electron chi connectivity index (χ4n) is 3.28. The number of nitrogens with two attached hydrogens (primary N) is 1. The number of alkyl halides is 3. The third kappa shape index (κ3) is 4.01. The van der Waals surface area contributed by atoms with Crippen LogP contribution in [0.5, 0.6) is 0 Å². The highest BCUT2D eigenvalue weighted by molar-refractivity contribution is 5.80. The molecular weight excluding hydrogens is 287 g/mol. The number of rotatable bonds is 3. The number of halogens is 3. The van der Waals surface area contributed by atoms with Crippen molar-refractivity contribution in [3.8, 4) is 0 Å². The molecule has 8 heteroatoms. The van der Waals surface area contributed by atoms with E-state index in [1.807, 2.05) is 0 Å².